The van der Waals surface area contributed by atoms with Crippen molar-refractivity contribution in [3.8, 4) is 22.6 Å². The molecule has 9 N–H and O–H groups in total. The summed E-state index contributed by atoms with van der Waals surface area (Å²) >= 11 is 0. The maximum Gasteiger partial charge on any atom is 0.255 e. The van der Waals surface area contributed by atoms with E-state index in [1.54, 1.807) is 12.1 Å². The number of nitrogens with one attached hydrogen (secondary N) is 2. The zero-order valence-corrected chi connectivity index (χ0v) is 25.6. The molecule has 0 heterocycles. The summed E-state index contributed by atoms with van der Waals surface area (Å²) in [6.45, 7) is 8.31. The number of carbonyl (C=O) groups excluding carboxylic acids is 3. The average molecular weight is 622 g/mol. The molecule has 240 valence electrons. The topological polar surface area (TPSA) is 212 Å². The first-order valence-corrected chi connectivity index (χ1v) is 14.9. The summed E-state index contributed by atoms with van der Waals surface area (Å²) in [5, 5.41) is 61.1. The molecule has 0 spiro atoms. The molecule has 0 bridgehead atoms. The number of phenolic OH excluding ortho intramolecular Hbond substituents is 1. The number of rotatable bonds is 8. The standard InChI is InChI=1S/C33H39N3O9/c1-5-45-23-9-6-15(10-17(23)14-35-31(43)36-32(2,3)4)19-7-8-21(37)25-20(19)12-16-11-18-13-22(38)26(30(34)42)29(41)33(18,44)28(40)24(16)27(25)39/h6-10,16,18,31,35-37,39,41,43-44H,5,11-14H2,1-4H3,(H2,34,42)/t16-,18+,31?,33+/m1/s1. The highest BCUT2D eigenvalue weighted by Crippen LogP contribution is 2.53. The highest BCUT2D eigenvalue weighted by Gasteiger charge is 2.60. The molecule has 1 unspecified atom stereocenters. The molecular formula is C33H39N3O9. The normalized spacial score (nSPS) is 23.8. The van der Waals surface area contributed by atoms with Crippen LogP contribution < -0.4 is 21.1 Å². The van der Waals surface area contributed by atoms with Gasteiger partial charge in [0.25, 0.3) is 5.91 Å². The van der Waals surface area contributed by atoms with Crippen LogP contribution in [0.25, 0.3) is 16.9 Å². The van der Waals surface area contributed by atoms with Gasteiger partial charge < -0.3 is 36.0 Å². The predicted octanol–water partition coefficient (Wildman–Crippen LogP) is 2.24. The van der Waals surface area contributed by atoms with Crippen molar-refractivity contribution in [2.24, 2.45) is 17.6 Å². The molecule has 3 aliphatic carbocycles. The summed E-state index contributed by atoms with van der Waals surface area (Å²) in [5.74, 6) is -6.14. The molecule has 0 radical (unpaired) electrons. The molecule has 5 rings (SSSR count). The van der Waals surface area contributed by atoms with Crippen LogP contribution in [-0.4, -0.2) is 67.1 Å². The SMILES string of the molecule is CCOc1ccc(-c2ccc(O)c3c2C[C@H]2C[C@H]4CC(=O)C(C(N)=O)=C(O)[C@@]4(O)C(=O)C2=C3O)cc1CNC(O)NC(C)(C)C. The van der Waals surface area contributed by atoms with Gasteiger partial charge in [0.15, 0.2) is 17.7 Å². The van der Waals surface area contributed by atoms with Crippen LogP contribution in [0.3, 0.4) is 0 Å². The number of Topliss-reactive ketones (excluding diaryl/α,β-unsaturated/α-hetero) is 2. The summed E-state index contributed by atoms with van der Waals surface area (Å²) in [6, 6.07) is 8.60. The Morgan fingerprint density at radius 2 is 1.84 bits per heavy atom. The third kappa shape index (κ3) is 5.59. The second-order valence-corrected chi connectivity index (χ2v) is 12.8. The minimum atomic E-state index is -2.62. The summed E-state index contributed by atoms with van der Waals surface area (Å²) in [4.78, 5) is 38.3. The number of ether oxygens (including phenoxy) is 1. The molecule has 0 aliphatic heterocycles. The molecule has 2 aromatic carbocycles. The first kappa shape index (κ1) is 32.2. The lowest BCUT2D eigenvalue weighted by molar-refractivity contribution is -0.147. The van der Waals surface area contributed by atoms with Gasteiger partial charge in [0.05, 0.1) is 12.2 Å². The van der Waals surface area contributed by atoms with Crippen LogP contribution >= 0.6 is 0 Å². The number of aliphatic hydroxyl groups excluding tert-OH is 3. The van der Waals surface area contributed by atoms with Gasteiger partial charge in [-0.3, -0.25) is 25.0 Å². The maximum atomic E-state index is 13.8. The predicted molar refractivity (Wildman–Crippen MR) is 164 cm³/mol. The number of aliphatic hydroxyl groups is 4. The van der Waals surface area contributed by atoms with E-state index in [1.807, 2.05) is 39.8 Å². The number of benzene rings is 2. The number of hydrogen-bond donors (Lipinski definition) is 8. The van der Waals surface area contributed by atoms with Crippen molar-refractivity contribution < 1.29 is 44.7 Å². The van der Waals surface area contributed by atoms with Gasteiger partial charge in [-0.2, -0.15) is 0 Å². The number of primary amides is 1. The third-order valence-corrected chi connectivity index (χ3v) is 8.67. The number of aromatic hydroxyl groups is 1. The van der Waals surface area contributed by atoms with Gasteiger partial charge in [-0.1, -0.05) is 12.1 Å². The van der Waals surface area contributed by atoms with Gasteiger partial charge >= 0.3 is 0 Å². The smallest absolute Gasteiger partial charge is 0.255 e. The number of ketones is 2. The van der Waals surface area contributed by atoms with Crippen LogP contribution in [0.4, 0.5) is 0 Å². The van der Waals surface area contributed by atoms with Gasteiger partial charge in [0.1, 0.15) is 28.6 Å². The number of phenols is 1. The third-order valence-electron chi connectivity index (χ3n) is 8.67. The fourth-order valence-electron chi connectivity index (χ4n) is 6.74. The number of nitrogens with two attached hydrogens (primary N) is 1. The Hall–Kier alpha value is -4.23. The van der Waals surface area contributed by atoms with E-state index in [0.29, 0.717) is 23.5 Å². The Morgan fingerprint density at radius 3 is 2.49 bits per heavy atom. The molecule has 12 heteroatoms. The number of fused-ring (bicyclic) bond motifs is 3. The van der Waals surface area contributed by atoms with E-state index in [4.69, 9.17) is 10.5 Å². The Balaban J connectivity index is 1.57. The van der Waals surface area contributed by atoms with Gasteiger partial charge in [0.2, 0.25) is 5.78 Å². The molecule has 1 fully saturated rings. The summed E-state index contributed by atoms with van der Waals surface area (Å²) in [6.07, 6.45) is -1.17. The first-order chi connectivity index (χ1) is 21.1. The van der Waals surface area contributed by atoms with Gasteiger partial charge in [0, 0.05) is 35.6 Å². The summed E-state index contributed by atoms with van der Waals surface area (Å²) < 4.78 is 5.82. The van der Waals surface area contributed by atoms with Crippen molar-refractivity contribution in [3.05, 3.63) is 63.9 Å². The maximum absolute atomic E-state index is 13.8. The van der Waals surface area contributed by atoms with Crippen molar-refractivity contribution in [2.45, 2.75) is 71.0 Å². The lowest BCUT2D eigenvalue weighted by atomic mass is 9.59. The van der Waals surface area contributed by atoms with E-state index < -0.39 is 58.4 Å². The van der Waals surface area contributed by atoms with Crippen molar-refractivity contribution in [2.75, 3.05) is 6.61 Å². The van der Waals surface area contributed by atoms with E-state index in [0.717, 1.165) is 11.1 Å². The van der Waals surface area contributed by atoms with Crippen molar-refractivity contribution in [3.63, 3.8) is 0 Å². The minimum Gasteiger partial charge on any atom is -0.508 e. The highest BCUT2D eigenvalue weighted by atomic mass is 16.5. The van der Waals surface area contributed by atoms with E-state index >= 15 is 0 Å². The first-order valence-electron chi connectivity index (χ1n) is 14.9. The lowest BCUT2D eigenvalue weighted by Crippen LogP contribution is -2.58. The van der Waals surface area contributed by atoms with Crippen LogP contribution in [0.5, 0.6) is 11.5 Å². The fourth-order valence-corrected chi connectivity index (χ4v) is 6.74. The molecule has 2 aromatic rings. The molecule has 0 aromatic heterocycles. The second-order valence-electron chi connectivity index (χ2n) is 12.8. The average Bonchev–Trinajstić information content (AvgIpc) is 2.93. The Bertz CT molecular complexity index is 1660. The van der Waals surface area contributed by atoms with Crippen LogP contribution in [0.1, 0.15) is 57.2 Å². The monoisotopic (exact) mass is 621 g/mol. The molecule has 12 nitrogen and oxygen atoms in total. The number of carbonyl (C=O) groups is 3. The van der Waals surface area contributed by atoms with Crippen LogP contribution in [0.15, 0.2) is 47.2 Å². The zero-order valence-electron chi connectivity index (χ0n) is 25.6. The Labute approximate surface area is 260 Å². The van der Waals surface area contributed by atoms with Gasteiger partial charge in [-0.15, -0.1) is 0 Å². The minimum absolute atomic E-state index is 0.0120. The number of hydrogen-bond acceptors (Lipinski definition) is 11. The zero-order chi connectivity index (χ0) is 33.0. The van der Waals surface area contributed by atoms with Gasteiger partial charge in [-0.05, 0) is 81.3 Å². The fraction of sp³-hybridized carbons (Fsp3) is 0.424. The van der Waals surface area contributed by atoms with Crippen molar-refractivity contribution in [1.82, 2.24) is 10.6 Å². The molecule has 1 saturated carbocycles. The quantitative estimate of drug-likeness (QED) is 0.158. The molecule has 1 amide bonds. The highest BCUT2D eigenvalue weighted by molar-refractivity contribution is 6.22. The van der Waals surface area contributed by atoms with Crippen molar-refractivity contribution in [1.29, 1.82) is 0 Å². The second kappa shape index (κ2) is 11.6. The summed E-state index contributed by atoms with van der Waals surface area (Å²) in [7, 11) is 0. The Kier molecular flexibility index (Phi) is 8.30. The summed E-state index contributed by atoms with van der Waals surface area (Å²) in [5.41, 5.74) is 3.97. The van der Waals surface area contributed by atoms with E-state index in [2.05, 4.69) is 10.6 Å². The van der Waals surface area contributed by atoms with Gasteiger partial charge in [-0.25, -0.2) is 0 Å². The number of amides is 1. The Morgan fingerprint density at radius 1 is 1.13 bits per heavy atom. The van der Waals surface area contributed by atoms with E-state index in [9.17, 15) is 39.9 Å². The molecule has 4 atom stereocenters. The largest absolute Gasteiger partial charge is 0.508 e. The molecule has 45 heavy (non-hydrogen) atoms. The van der Waals surface area contributed by atoms with E-state index in [1.165, 1.54) is 6.07 Å². The van der Waals surface area contributed by atoms with Crippen LogP contribution in [0.2, 0.25) is 0 Å². The molecule has 3 aliphatic rings. The van der Waals surface area contributed by atoms with E-state index in [-0.39, 0.29) is 48.2 Å². The van der Waals surface area contributed by atoms with Crippen LogP contribution in [-0.2, 0) is 27.3 Å². The van der Waals surface area contributed by atoms with Crippen molar-refractivity contribution >= 4 is 23.2 Å². The molecule has 0 saturated heterocycles. The molecular weight excluding hydrogens is 582 g/mol. The lowest BCUT2D eigenvalue weighted by Gasteiger charge is -2.46. The van der Waals surface area contributed by atoms with Crippen LogP contribution in [0, 0.1) is 11.8 Å².